The van der Waals surface area contributed by atoms with Crippen LogP contribution in [0.1, 0.15) is 105 Å². The van der Waals surface area contributed by atoms with Gasteiger partial charge in [-0.05, 0) is 21.7 Å². The average molecular weight is 547 g/mol. The quantitative estimate of drug-likeness (QED) is 0.315. The molecule has 0 N–H and O–H groups in total. The van der Waals surface area contributed by atoms with E-state index in [2.05, 4.69) is 93.7 Å². The number of para-hydroxylation sites is 2. The molecule has 5 heteroatoms. The largest absolute Gasteiger partial charge is 4.00 e. The fraction of sp³-hybridized carbons (Fsp3) is 0.625. The normalized spacial score (nSPS) is 11.5. The van der Waals surface area contributed by atoms with Gasteiger partial charge in [0.1, 0.15) is 0 Å². The molecule has 4 nitrogen and oxygen atoms in total. The van der Waals surface area contributed by atoms with Crippen molar-refractivity contribution in [3.8, 4) is 11.5 Å². The maximum Gasteiger partial charge on any atom is 4.00 e. The van der Waals surface area contributed by atoms with Gasteiger partial charge in [-0.3, -0.25) is 0 Å². The third-order valence-corrected chi connectivity index (χ3v) is 5.26. The SMILES string of the molecule is CC(C)(C)c1cccc(C(C)(C)C)c1[O-].CC(C)(C)c1cccc(C(C)(C)C)c1[O-].C[N-]C.C[N-]C.[Ti+4]. The van der Waals surface area contributed by atoms with Gasteiger partial charge in [-0.1, -0.05) is 142 Å². The van der Waals surface area contributed by atoms with Crippen LogP contribution in [-0.2, 0) is 43.4 Å². The third kappa shape index (κ3) is 14.4. The molecule has 208 valence electrons. The summed E-state index contributed by atoms with van der Waals surface area (Å²) in [5.41, 5.74) is 3.36. The van der Waals surface area contributed by atoms with E-state index >= 15 is 0 Å². The van der Waals surface area contributed by atoms with Crippen molar-refractivity contribution in [2.75, 3.05) is 28.2 Å². The fourth-order valence-electron chi connectivity index (χ4n) is 3.44. The van der Waals surface area contributed by atoms with E-state index in [0.29, 0.717) is 0 Å². The summed E-state index contributed by atoms with van der Waals surface area (Å²) >= 11 is 0. The average Bonchev–Trinajstić information content (AvgIpc) is 2.66. The molecule has 0 saturated carbocycles. The number of rotatable bonds is 0. The molecule has 0 bridgehead atoms. The van der Waals surface area contributed by atoms with Crippen molar-refractivity contribution in [2.24, 2.45) is 0 Å². The van der Waals surface area contributed by atoms with Crippen molar-refractivity contribution in [3.05, 3.63) is 69.3 Å². The summed E-state index contributed by atoms with van der Waals surface area (Å²) < 4.78 is 0. The van der Waals surface area contributed by atoms with Crippen LogP contribution in [0.15, 0.2) is 36.4 Å². The van der Waals surface area contributed by atoms with Gasteiger partial charge in [0.15, 0.2) is 0 Å². The van der Waals surface area contributed by atoms with Gasteiger partial charge < -0.3 is 20.8 Å². The summed E-state index contributed by atoms with van der Waals surface area (Å²) in [6, 6.07) is 11.7. The molecule has 2 rings (SSSR count). The van der Waals surface area contributed by atoms with Gasteiger partial charge in [0.05, 0.1) is 0 Å². The van der Waals surface area contributed by atoms with Crippen LogP contribution in [0.5, 0.6) is 11.5 Å². The third-order valence-electron chi connectivity index (χ3n) is 5.26. The Morgan fingerprint density at radius 3 is 0.676 bits per heavy atom. The van der Waals surface area contributed by atoms with Gasteiger partial charge in [-0.2, -0.15) is 28.2 Å². The first-order chi connectivity index (χ1) is 16.1. The predicted molar refractivity (Wildman–Crippen MR) is 157 cm³/mol. The minimum atomic E-state index is -0.0711. The van der Waals surface area contributed by atoms with Gasteiger partial charge in [-0.15, -0.1) is 11.5 Å². The van der Waals surface area contributed by atoms with Crippen molar-refractivity contribution >= 4 is 0 Å². The Kier molecular flexibility index (Phi) is 18.0. The van der Waals surface area contributed by atoms with E-state index in [4.69, 9.17) is 0 Å². The maximum absolute atomic E-state index is 12.3. The summed E-state index contributed by atoms with van der Waals surface area (Å²) in [5, 5.41) is 31.5. The molecule has 0 spiro atoms. The Morgan fingerprint density at radius 1 is 0.432 bits per heavy atom. The minimum absolute atomic E-state index is 0. The van der Waals surface area contributed by atoms with Crippen LogP contribution in [0.3, 0.4) is 0 Å². The number of hydrogen-bond donors (Lipinski definition) is 0. The van der Waals surface area contributed by atoms with E-state index < -0.39 is 0 Å². The van der Waals surface area contributed by atoms with Crippen molar-refractivity contribution in [1.29, 1.82) is 0 Å². The molecule has 0 saturated heterocycles. The first-order valence-corrected chi connectivity index (χ1v) is 12.7. The second-order valence-electron chi connectivity index (χ2n) is 13.3. The van der Waals surface area contributed by atoms with Gasteiger partial charge in [0, 0.05) is 0 Å². The molecule has 2 aromatic rings. The Balaban J connectivity index is -0.000000504. The first kappa shape index (κ1) is 40.2. The van der Waals surface area contributed by atoms with Crippen LogP contribution in [0.2, 0.25) is 0 Å². The molecule has 0 atom stereocenters. The molecule has 0 aliphatic rings. The van der Waals surface area contributed by atoms with Crippen molar-refractivity contribution in [3.63, 3.8) is 0 Å². The molecule has 0 heterocycles. The molecule has 37 heavy (non-hydrogen) atoms. The van der Waals surface area contributed by atoms with E-state index in [9.17, 15) is 10.2 Å². The summed E-state index contributed by atoms with van der Waals surface area (Å²) in [6.45, 7) is 25.0. The van der Waals surface area contributed by atoms with E-state index in [1.807, 2.05) is 36.4 Å². The monoisotopic (exact) mass is 546 g/mol. The molecule has 0 aliphatic carbocycles. The molecule has 0 radical (unpaired) electrons. The molecule has 0 amide bonds. The van der Waals surface area contributed by atoms with E-state index in [1.165, 1.54) is 0 Å². The van der Waals surface area contributed by atoms with Crippen molar-refractivity contribution in [2.45, 2.75) is 105 Å². The van der Waals surface area contributed by atoms with Crippen LogP contribution in [0, 0.1) is 0 Å². The fourth-order valence-corrected chi connectivity index (χ4v) is 3.44. The standard InChI is InChI=1S/2C14H22O.2C2H6N.Ti/c2*1-13(2,3)10-8-7-9-11(12(10)15)14(4,5)6;2*1-3-2;/h2*7-9,15H,1-6H3;2*1-2H3;/q;;2*-1;+4/p-2. The molecule has 0 unspecified atom stereocenters. The summed E-state index contributed by atoms with van der Waals surface area (Å²) in [7, 11) is 7.00. The van der Waals surface area contributed by atoms with Gasteiger partial charge in [0.25, 0.3) is 0 Å². The Morgan fingerprint density at radius 2 is 0.568 bits per heavy atom. The Labute approximate surface area is 244 Å². The van der Waals surface area contributed by atoms with Crippen LogP contribution in [0.25, 0.3) is 10.6 Å². The Hall–Kier alpha value is -1.33. The summed E-state index contributed by atoms with van der Waals surface area (Å²) in [5.74, 6) is 0.412. The number of benzene rings is 2. The zero-order chi connectivity index (χ0) is 29.1. The maximum atomic E-state index is 12.3. The Bertz CT molecular complexity index is 757. The van der Waals surface area contributed by atoms with E-state index in [0.717, 1.165) is 22.3 Å². The van der Waals surface area contributed by atoms with Crippen molar-refractivity contribution in [1.82, 2.24) is 0 Å². The van der Waals surface area contributed by atoms with E-state index in [-0.39, 0.29) is 54.9 Å². The molecule has 0 aromatic heterocycles. The number of nitrogens with zero attached hydrogens (tertiary/aromatic N) is 2. The molecular formula is C32H54N2O2Ti. The first-order valence-electron chi connectivity index (χ1n) is 12.7. The van der Waals surface area contributed by atoms with E-state index in [1.54, 1.807) is 28.2 Å². The molecular weight excluding hydrogens is 492 g/mol. The van der Waals surface area contributed by atoms with Crippen LogP contribution in [0.4, 0.5) is 0 Å². The smallest absolute Gasteiger partial charge is 0.872 e. The van der Waals surface area contributed by atoms with Crippen LogP contribution < -0.4 is 10.2 Å². The topological polar surface area (TPSA) is 74.3 Å². The second kappa shape index (κ2) is 16.6. The van der Waals surface area contributed by atoms with Gasteiger partial charge in [-0.25, -0.2) is 0 Å². The second-order valence-corrected chi connectivity index (χ2v) is 13.3. The van der Waals surface area contributed by atoms with Gasteiger partial charge >= 0.3 is 21.7 Å². The molecule has 0 fully saturated rings. The molecule has 0 aliphatic heterocycles. The zero-order valence-electron chi connectivity index (χ0n) is 26.7. The minimum Gasteiger partial charge on any atom is -0.872 e. The predicted octanol–water partition coefficient (Wildman–Crippen LogP) is 7.95. The molecule has 2 aromatic carbocycles. The number of hydrogen-bond acceptors (Lipinski definition) is 2. The summed E-state index contributed by atoms with van der Waals surface area (Å²) in [6.07, 6.45) is 0. The van der Waals surface area contributed by atoms with Crippen LogP contribution >= 0.6 is 0 Å². The summed E-state index contributed by atoms with van der Waals surface area (Å²) in [4.78, 5) is 0. The van der Waals surface area contributed by atoms with Crippen LogP contribution in [-0.4, -0.2) is 28.2 Å². The van der Waals surface area contributed by atoms with Crippen molar-refractivity contribution < 1.29 is 31.9 Å². The zero-order valence-corrected chi connectivity index (χ0v) is 28.2. The van der Waals surface area contributed by atoms with Gasteiger partial charge in [0.2, 0.25) is 0 Å².